The van der Waals surface area contributed by atoms with Crippen molar-refractivity contribution in [1.82, 2.24) is 10.5 Å². The molecule has 0 unspecified atom stereocenters. The minimum Gasteiger partial charge on any atom is -0.480 e. The van der Waals surface area contributed by atoms with Crippen molar-refractivity contribution in [2.24, 2.45) is 0 Å². The molecule has 9 heteroatoms. The maximum absolute atomic E-state index is 11.4. The Bertz CT molecular complexity index is 473. The van der Waals surface area contributed by atoms with Gasteiger partial charge in [-0.25, -0.2) is 0 Å². The van der Waals surface area contributed by atoms with E-state index in [9.17, 15) is 14.4 Å². The fourth-order valence-electron chi connectivity index (χ4n) is 1.07. The minimum atomic E-state index is -1.11. The van der Waals surface area contributed by atoms with Gasteiger partial charge in [0.05, 0.1) is 11.5 Å². The smallest absolute Gasteiger partial charge is 0.322 e. The van der Waals surface area contributed by atoms with Crippen LogP contribution in [0.3, 0.4) is 0 Å². The van der Waals surface area contributed by atoms with E-state index < -0.39 is 18.4 Å². The van der Waals surface area contributed by atoms with Gasteiger partial charge in [-0.1, -0.05) is 5.16 Å². The van der Waals surface area contributed by atoms with Crippen LogP contribution < -0.4 is 10.6 Å². The molecule has 1 aromatic rings. The molecule has 0 saturated heterocycles. The molecule has 0 aliphatic heterocycles. The third kappa shape index (κ3) is 6.46. The Labute approximate surface area is 112 Å². The molecule has 19 heavy (non-hydrogen) atoms. The van der Waals surface area contributed by atoms with Crippen molar-refractivity contribution in [2.75, 3.05) is 23.4 Å². The monoisotopic (exact) mass is 287 g/mol. The SMILES string of the molecule is Cc1cc(NC(=O)CSCC(=O)NCC(=O)O)no1. The van der Waals surface area contributed by atoms with E-state index >= 15 is 0 Å². The Morgan fingerprint density at radius 1 is 1.37 bits per heavy atom. The molecule has 0 aromatic carbocycles. The standard InChI is InChI=1S/C10H13N3O5S/c1-6-2-7(13-18-6)12-9(15)5-19-4-8(14)11-3-10(16)17/h2H,3-5H2,1H3,(H,11,14)(H,16,17)(H,12,13,15). The zero-order chi connectivity index (χ0) is 14.3. The zero-order valence-corrected chi connectivity index (χ0v) is 11.0. The average molecular weight is 287 g/mol. The topological polar surface area (TPSA) is 122 Å². The molecular weight excluding hydrogens is 274 g/mol. The molecule has 1 heterocycles. The Balaban J connectivity index is 2.16. The highest BCUT2D eigenvalue weighted by Gasteiger charge is 2.08. The van der Waals surface area contributed by atoms with E-state index in [2.05, 4.69) is 15.8 Å². The number of rotatable bonds is 7. The number of thioether (sulfide) groups is 1. The first-order chi connectivity index (χ1) is 8.97. The van der Waals surface area contributed by atoms with E-state index in [1.54, 1.807) is 13.0 Å². The highest BCUT2D eigenvalue weighted by molar-refractivity contribution is 8.00. The van der Waals surface area contributed by atoms with Gasteiger partial charge in [-0.15, -0.1) is 11.8 Å². The van der Waals surface area contributed by atoms with Gasteiger partial charge in [0.1, 0.15) is 12.3 Å². The molecule has 3 N–H and O–H groups in total. The van der Waals surface area contributed by atoms with Gasteiger partial charge in [0.2, 0.25) is 11.8 Å². The van der Waals surface area contributed by atoms with Gasteiger partial charge >= 0.3 is 5.97 Å². The number of anilines is 1. The number of aromatic nitrogens is 1. The van der Waals surface area contributed by atoms with E-state index in [-0.39, 0.29) is 17.4 Å². The lowest BCUT2D eigenvalue weighted by Crippen LogP contribution is -2.31. The predicted octanol–water partition coefficient (Wildman–Crippen LogP) is -0.144. The molecule has 0 saturated carbocycles. The summed E-state index contributed by atoms with van der Waals surface area (Å²) >= 11 is 1.07. The molecule has 0 bridgehead atoms. The molecule has 1 aromatic heterocycles. The number of carboxylic acid groups (broad SMARTS) is 1. The summed E-state index contributed by atoms with van der Waals surface area (Å²) in [5, 5.41) is 16.6. The Hall–Kier alpha value is -2.03. The van der Waals surface area contributed by atoms with Gasteiger partial charge in [0.15, 0.2) is 5.82 Å². The fourth-order valence-corrected chi connectivity index (χ4v) is 1.71. The lowest BCUT2D eigenvalue weighted by atomic mass is 10.5. The number of aryl methyl sites for hydroxylation is 1. The van der Waals surface area contributed by atoms with Crippen LogP contribution in [0.2, 0.25) is 0 Å². The summed E-state index contributed by atoms with van der Waals surface area (Å²) in [5.41, 5.74) is 0. The van der Waals surface area contributed by atoms with E-state index in [1.165, 1.54) is 0 Å². The molecular formula is C10H13N3O5S. The number of hydrogen-bond acceptors (Lipinski definition) is 6. The van der Waals surface area contributed by atoms with Gasteiger partial charge < -0.3 is 20.3 Å². The average Bonchev–Trinajstić information content (AvgIpc) is 2.72. The van der Waals surface area contributed by atoms with Crippen LogP contribution in [0.4, 0.5) is 5.82 Å². The molecule has 1 rings (SSSR count). The number of nitrogens with one attached hydrogen (secondary N) is 2. The zero-order valence-electron chi connectivity index (χ0n) is 10.1. The van der Waals surface area contributed by atoms with Crippen molar-refractivity contribution in [1.29, 1.82) is 0 Å². The first-order valence-corrected chi connectivity index (χ1v) is 6.42. The van der Waals surface area contributed by atoms with Crippen molar-refractivity contribution < 1.29 is 24.0 Å². The molecule has 104 valence electrons. The molecule has 0 radical (unpaired) electrons. The van der Waals surface area contributed by atoms with E-state index in [4.69, 9.17) is 9.63 Å². The Morgan fingerprint density at radius 3 is 2.63 bits per heavy atom. The number of hydrogen-bond donors (Lipinski definition) is 3. The second-order valence-electron chi connectivity index (χ2n) is 3.53. The van der Waals surface area contributed by atoms with Gasteiger partial charge in [-0.3, -0.25) is 14.4 Å². The van der Waals surface area contributed by atoms with Crippen molar-refractivity contribution in [2.45, 2.75) is 6.92 Å². The largest absolute Gasteiger partial charge is 0.480 e. The molecule has 0 fully saturated rings. The van der Waals surface area contributed by atoms with Crippen molar-refractivity contribution in [3.05, 3.63) is 11.8 Å². The maximum atomic E-state index is 11.4. The van der Waals surface area contributed by atoms with Crippen LogP contribution in [0.15, 0.2) is 10.6 Å². The first-order valence-electron chi connectivity index (χ1n) is 5.27. The van der Waals surface area contributed by atoms with E-state index in [0.29, 0.717) is 11.6 Å². The van der Waals surface area contributed by atoms with Crippen molar-refractivity contribution in [3.63, 3.8) is 0 Å². The number of nitrogens with zero attached hydrogens (tertiary/aromatic N) is 1. The number of carbonyl (C=O) groups is 3. The van der Waals surface area contributed by atoms with Gasteiger partial charge in [-0.05, 0) is 6.92 Å². The van der Waals surface area contributed by atoms with Gasteiger partial charge in [0, 0.05) is 6.07 Å². The fraction of sp³-hybridized carbons (Fsp3) is 0.400. The van der Waals surface area contributed by atoms with Crippen molar-refractivity contribution >= 4 is 35.4 Å². The molecule has 0 atom stereocenters. The van der Waals surface area contributed by atoms with Crippen LogP contribution in [0.25, 0.3) is 0 Å². The summed E-state index contributed by atoms with van der Waals surface area (Å²) < 4.78 is 4.77. The van der Waals surface area contributed by atoms with E-state index in [0.717, 1.165) is 11.8 Å². The van der Waals surface area contributed by atoms with Gasteiger partial charge in [-0.2, -0.15) is 0 Å². The third-order valence-corrected chi connectivity index (χ3v) is 2.73. The van der Waals surface area contributed by atoms with Gasteiger partial charge in [0.25, 0.3) is 0 Å². The quantitative estimate of drug-likeness (QED) is 0.637. The second-order valence-corrected chi connectivity index (χ2v) is 4.52. The second kappa shape index (κ2) is 7.41. The number of carboxylic acids is 1. The lowest BCUT2D eigenvalue weighted by molar-refractivity contribution is -0.137. The minimum absolute atomic E-state index is 0.0124. The van der Waals surface area contributed by atoms with Crippen LogP contribution in [-0.2, 0) is 14.4 Å². The number of carbonyl (C=O) groups excluding carboxylic acids is 2. The van der Waals surface area contributed by atoms with Crippen LogP contribution >= 0.6 is 11.8 Å². The molecule has 8 nitrogen and oxygen atoms in total. The summed E-state index contributed by atoms with van der Waals surface area (Å²) in [4.78, 5) is 32.8. The summed E-state index contributed by atoms with van der Waals surface area (Å²) in [6.45, 7) is 1.27. The maximum Gasteiger partial charge on any atom is 0.322 e. The highest BCUT2D eigenvalue weighted by Crippen LogP contribution is 2.08. The van der Waals surface area contributed by atoms with Crippen LogP contribution in [-0.4, -0.2) is 46.1 Å². The van der Waals surface area contributed by atoms with Crippen molar-refractivity contribution in [3.8, 4) is 0 Å². The highest BCUT2D eigenvalue weighted by atomic mass is 32.2. The van der Waals surface area contributed by atoms with Crippen LogP contribution in [0.5, 0.6) is 0 Å². The third-order valence-electron chi connectivity index (χ3n) is 1.80. The van der Waals surface area contributed by atoms with Crippen LogP contribution in [0, 0.1) is 6.92 Å². The molecule has 2 amide bonds. The number of amides is 2. The lowest BCUT2D eigenvalue weighted by Gasteiger charge is -2.02. The molecule has 0 spiro atoms. The summed E-state index contributed by atoms with van der Waals surface area (Å²) in [6.07, 6.45) is 0. The molecule has 0 aliphatic rings. The summed E-state index contributed by atoms with van der Waals surface area (Å²) in [6, 6.07) is 1.57. The predicted molar refractivity (Wildman–Crippen MR) is 67.8 cm³/mol. The number of aliphatic carboxylic acids is 1. The van der Waals surface area contributed by atoms with E-state index in [1.807, 2.05) is 0 Å². The molecule has 0 aliphatic carbocycles. The normalized spacial score (nSPS) is 9.95. The Kier molecular flexibility index (Phi) is 5.86. The Morgan fingerprint density at radius 2 is 2.05 bits per heavy atom. The summed E-state index contributed by atoms with van der Waals surface area (Å²) in [5.74, 6) is -0.890. The summed E-state index contributed by atoms with van der Waals surface area (Å²) in [7, 11) is 0. The first kappa shape index (κ1) is 15.0. The van der Waals surface area contributed by atoms with Crippen LogP contribution in [0.1, 0.15) is 5.76 Å².